The lowest BCUT2D eigenvalue weighted by Crippen LogP contribution is -2.16. The Labute approximate surface area is 195 Å². The van der Waals surface area contributed by atoms with E-state index in [2.05, 4.69) is 15.3 Å². The van der Waals surface area contributed by atoms with E-state index in [0.717, 1.165) is 16.8 Å². The summed E-state index contributed by atoms with van der Waals surface area (Å²) in [4.78, 5) is 26.0. The minimum atomic E-state index is -4.75. The maximum atomic E-state index is 13.7. The zero-order valence-electron chi connectivity index (χ0n) is 18.0. The van der Waals surface area contributed by atoms with Gasteiger partial charge < -0.3 is 4.74 Å². The molecule has 0 aliphatic heterocycles. The van der Waals surface area contributed by atoms with Gasteiger partial charge in [-0.25, -0.2) is 14.2 Å². The van der Waals surface area contributed by atoms with Gasteiger partial charge in [-0.2, -0.15) is 28.5 Å². The van der Waals surface area contributed by atoms with E-state index in [1.807, 2.05) is 0 Å². The van der Waals surface area contributed by atoms with Gasteiger partial charge in [-0.15, -0.1) is 0 Å². The zero-order chi connectivity index (χ0) is 24.8. The molecule has 0 bridgehead atoms. The number of ether oxygens (including phenoxy) is 1. The highest BCUT2D eigenvalue weighted by Crippen LogP contribution is 2.40. The lowest BCUT2D eigenvalue weighted by Gasteiger charge is -2.17. The summed E-state index contributed by atoms with van der Waals surface area (Å²) < 4.78 is 49.9. The number of aromatic nitrogens is 6. The summed E-state index contributed by atoms with van der Waals surface area (Å²) in [7, 11) is 3.07. The standard InChI is InChI=1S/C21H16ClF3N6O3/c1-11-15(19(30(3)28-11)34-20(33)12-9-27-29(2)10-12)18(32)13-5-6-14(21(23,24)25)17(16(13)22)31-8-4-7-26-31/h4-10H,1-3H3. The molecule has 0 atom stereocenters. The van der Waals surface area contributed by atoms with Crippen LogP contribution in [0.25, 0.3) is 5.69 Å². The lowest BCUT2D eigenvalue weighted by atomic mass is 10.00. The van der Waals surface area contributed by atoms with E-state index in [0.29, 0.717) is 0 Å². The summed E-state index contributed by atoms with van der Waals surface area (Å²) in [6.07, 6.45) is 0.529. The Kier molecular flexibility index (Phi) is 5.77. The van der Waals surface area contributed by atoms with Gasteiger partial charge in [0.25, 0.3) is 0 Å². The molecule has 1 aromatic carbocycles. The van der Waals surface area contributed by atoms with Gasteiger partial charge in [0.05, 0.1) is 33.7 Å². The molecule has 13 heteroatoms. The predicted octanol–water partition coefficient (Wildman–Crippen LogP) is 3.77. The molecule has 0 amide bonds. The number of aryl methyl sites for hydroxylation is 3. The number of rotatable bonds is 5. The van der Waals surface area contributed by atoms with E-state index in [4.69, 9.17) is 16.3 Å². The molecule has 0 radical (unpaired) electrons. The van der Waals surface area contributed by atoms with Gasteiger partial charge in [0.2, 0.25) is 11.7 Å². The summed E-state index contributed by atoms with van der Waals surface area (Å²) in [5.41, 5.74) is -1.60. The molecule has 0 aliphatic carbocycles. The highest BCUT2D eigenvalue weighted by atomic mass is 35.5. The van der Waals surface area contributed by atoms with Crippen molar-refractivity contribution in [3.63, 3.8) is 0 Å². The van der Waals surface area contributed by atoms with E-state index in [1.54, 1.807) is 7.05 Å². The third-order valence-electron chi connectivity index (χ3n) is 4.93. The molecule has 9 nitrogen and oxygen atoms in total. The van der Waals surface area contributed by atoms with Crippen LogP contribution in [0.5, 0.6) is 5.88 Å². The fourth-order valence-corrected chi connectivity index (χ4v) is 3.75. The molecule has 0 spiro atoms. The Hall–Kier alpha value is -3.93. The van der Waals surface area contributed by atoms with Crippen LogP contribution in [0.2, 0.25) is 5.02 Å². The first-order valence-corrected chi connectivity index (χ1v) is 10.1. The van der Waals surface area contributed by atoms with Crippen molar-refractivity contribution < 1.29 is 27.5 Å². The summed E-state index contributed by atoms with van der Waals surface area (Å²) in [5.74, 6) is -1.75. The molecule has 0 unspecified atom stereocenters. The molecular weight excluding hydrogens is 477 g/mol. The average molecular weight is 493 g/mol. The third kappa shape index (κ3) is 4.07. The summed E-state index contributed by atoms with van der Waals surface area (Å²) >= 11 is 6.34. The Morgan fingerprint density at radius 1 is 1.15 bits per heavy atom. The molecule has 34 heavy (non-hydrogen) atoms. The van der Waals surface area contributed by atoms with Crippen LogP contribution in [0.3, 0.4) is 0 Å². The second-order valence-electron chi connectivity index (χ2n) is 7.28. The molecule has 4 rings (SSSR count). The fourth-order valence-electron chi connectivity index (χ4n) is 3.42. The Balaban J connectivity index is 1.81. The van der Waals surface area contributed by atoms with Crippen molar-refractivity contribution in [3.05, 3.63) is 76.0 Å². The van der Waals surface area contributed by atoms with Gasteiger partial charge in [-0.1, -0.05) is 11.6 Å². The number of alkyl halides is 3. The van der Waals surface area contributed by atoms with Crippen LogP contribution >= 0.6 is 11.6 Å². The van der Waals surface area contributed by atoms with Gasteiger partial charge in [-0.05, 0) is 25.1 Å². The first-order chi connectivity index (χ1) is 16.0. The minimum Gasteiger partial charge on any atom is -0.403 e. The first-order valence-electron chi connectivity index (χ1n) is 9.68. The van der Waals surface area contributed by atoms with Crippen molar-refractivity contribution in [1.29, 1.82) is 0 Å². The van der Waals surface area contributed by atoms with Crippen molar-refractivity contribution >= 4 is 23.4 Å². The van der Waals surface area contributed by atoms with Gasteiger partial charge in [0.15, 0.2) is 0 Å². The monoisotopic (exact) mass is 492 g/mol. The normalized spacial score (nSPS) is 11.6. The van der Waals surface area contributed by atoms with E-state index in [9.17, 15) is 22.8 Å². The number of hydrogen-bond donors (Lipinski definition) is 0. The maximum absolute atomic E-state index is 13.7. The van der Waals surface area contributed by atoms with Crippen LogP contribution < -0.4 is 4.74 Å². The van der Waals surface area contributed by atoms with Gasteiger partial charge >= 0.3 is 12.1 Å². The van der Waals surface area contributed by atoms with Crippen molar-refractivity contribution in [2.75, 3.05) is 0 Å². The van der Waals surface area contributed by atoms with Crippen LogP contribution in [0, 0.1) is 6.92 Å². The van der Waals surface area contributed by atoms with Crippen molar-refractivity contribution in [1.82, 2.24) is 29.3 Å². The molecule has 3 heterocycles. The molecule has 3 aromatic heterocycles. The maximum Gasteiger partial charge on any atom is 0.418 e. The topological polar surface area (TPSA) is 96.8 Å². The first kappa shape index (κ1) is 23.2. The second kappa shape index (κ2) is 8.45. The largest absolute Gasteiger partial charge is 0.418 e. The van der Waals surface area contributed by atoms with Crippen molar-refractivity contribution in [3.8, 4) is 11.6 Å². The van der Waals surface area contributed by atoms with Gasteiger partial charge in [-0.3, -0.25) is 9.48 Å². The highest BCUT2D eigenvalue weighted by molar-refractivity contribution is 6.37. The van der Waals surface area contributed by atoms with Crippen LogP contribution in [0.1, 0.15) is 37.5 Å². The van der Waals surface area contributed by atoms with Crippen LogP contribution in [0.4, 0.5) is 13.2 Å². The Morgan fingerprint density at radius 2 is 1.88 bits per heavy atom. The average Bonchev–Trinajstić information content (AvgIpc) is 3.48. The van der Waals surface area contributed by atoms with Crippen molar-refractivity contribution in [2.45, 2.75) is 13.1 Å². The molecular formula is C21H16ClF3N6O3. The number of ketones is 1. The number of esters is 1. The van der Waals surface area contributed by atoms with E-state index >= 15 is 0 Å². The van der Waals surface area contributed by atoms with Gasteiger partial charge in [0, 0.05) is 38.2 Å². The Bertz CT molecular complexity index is 1410. The summed E-state index contributed by atoms with van der Waals surface area (Å²) in [5, 5.41) is 11.4. The summed E-state index contributed by atoms with van der Waals surface area (Å²) in [6, 6.07) is 3.15. The van der Waals surface area contributed by atoms with Crippen LogP contribution in [-0.4, -0.2) is 41.1 Å². The molecule has 176 valence electrons. The smallest absolute Gasteiger partial charge is 0.403 e. The quantitative estimate of drug-likeness (QED) is 0.311. The molecule has 4 aromatic rings. The molecule has 0 N–H and O–H groups in total. The molecule has 0 saturated heterocycles. The van der Waals surface area contributed by atoms with E-state index in [1.165, 1.54) is 54.2 Å². The third-order valence-corrected chi connectivity index (χ3v) is 5.31. The number of benzene rings is 1. The Morgan fingerprint density at radius 3 is 2.47 bits per heavy atom. The summed E-state index contributed by atoms with van der Waals surface area (Å²) in [6.45, 7) is 1.50. The minimum absolute atomic E-state index is 0.118. The van der Waals surface area contributed by atoms with E-state index in [-0.39, 0.29) is 28.3 Å². The SMILES string of the molecule is Cc1nn(C)c(OC(=O)c2cnn(C)c2)c1C(=O)c1ccc(C(F)(F)F)c(-n2cccn2)c1Cl. The van der Waals surface area contributed by atoms with E-state index < -0.39 is 34.2 Å². The number of nitrogens with zero attached hydrogens (tertiary/aromatic N) is 6. The number of carbonyl (C=O) groups is 2. The fraction of sp³-hybridized carbons (Fsp3) is 0.190. The molecule has 0 fully saturated rings. The van der Waals surface area contributed by atoms with Crippen molar-refractivity contribution in [2.24, 2.45) is 14.1 Å². The lowest BCUT2D eigenvalue weighted by molar-refractivity contribution is -0.137. The zero-order valence-corrected chi connectivity index (χ0v) is 18.7. The number of hydrogen-bond acceptors (Lipinski definition) is 6. The highest BCUT2D eigenvalue weighted by Gasteiger charge is 2.37. The second-order valence-corrected chi connectivity index (χ2v) is 7.66. The molecule has 0 saturated carbocycles. The van der Waals surface area contributed by atoms with Crippen LogP contribution in [-0.2, 0) is 20.3 Å². The number of halogens is 4. The predicted molar refractivity (Wildman–Crippen MR) is 113 cm³/mol. The molecule has 0 aliphatic rings. The van der Waals surface area contributed by atoms with Gasteiger partial charge in [0.1, 0.15) is 5.56 Å². The number of carbonyl (C=O) groups excluding carboxylic acids is 2. The van der Waals surface area contributed by atoms with Crippen LogP contribution in [0.15, 0.2) is 43.0 Å².